The van der Waals surface area contributed by atoms with Crippen molar-refractivity contribution < 1.29 is 26.8 Å². The van der Waals surface area contributed by atoms with E-state index in [-0.39, 0.29) is 17.9 Å². The predicted octanol–water partition coefficient (Wildman–Crippen LogP) is 0.207. The van der Waals surface area contributed by atoms with Gasteiger partial charge in [-0.25, -0.2) is 17.2 Å². The molecule has 0 radical (unpaired) electrons. The van der Waals surface area contributed by atoms with Gasteiger partial charge >= 0.3 is 11.8 Å². The van der Waals surface area contributed by atoms with Crippen LogP contribution < -0.4 is 10.6 Å². The van der Waals surface area contributed by atoms with Crippen LogP contribution in [0.5, 0.6) is 0 Å². The zero-order valence-corrected chi connectivity index (χ0v) is 11.5. The van der Waals surface area contributed by atoms with Crippen molar-refractivity contribution in [2.75, 3.05) is 16.8 Å². The summed E-state index contributed by atoms with van der Waals surface area (Å²) in [5.41, 5.74) is -0.725. The van der Waals surface area contributed by atoms with Gasteiger partial charge in [-0.1, -0.05) is 6.07 Å². The van der Waals surface area contributed by atoms with Crippen LogP contribution in [0.1, 0.15) is 6.42 Å². The Kier molecular flexibility index (Phi) is 4.21. The molecule has 1 heterocycles. The maximum atomic E-state index is 13.3. The Morgan fingerprint density at radius 1 is 1.14 bits per heavy atom. The first-order valence-electron chi connectivity index (χ1n) is 6.05. The molecule has 1 atom stereocenters. The zero-order valence-electron chi connectivity index (χ0n) is 10.7. The Hall–Kier alpha value is -2.03. The number of benzene rings is 1. The minimum atomic E-state index is -3.21. The lowest BCUT2D eigenvalue weighted by Gasteiger charge is -2.11. The van der Waals surface area contributed by atoms with Crippen molar-refractivity contribution in [3.05, 3.63) is 29.8 Å². The van der Waals surface area contributed by atoms with Crippen LogP contribution in [-0.2, 0) is 19.4 Å². The number of rotatable bonds is 2. The van der Waals surface area contributed by atoms with E-state index in [1.165, 1.54) is 0 Å². The Morgan fingerprint density at radius 3 is 2.29 bits per heavy atom. The lowest BCUT2D eigenvalue weighted by atomic mass is 10.2. The van der Waals surface area contributed by atoms with Gasteiger partial charge in [0.25, 0.3) is 0 Å². The average Bonchev–Trinajstić information content (AvgIpc) is 2.73. The van der Waals surface area contributed by atoms with Crippen LogP contribution in [-0.4, -0.2) is 37.8 Å². The zero-order chi connectivity index (χ0) is 15.6. The molecule has 1 aliphatic heterocycles. The van der Waals surface area contributed by atoms with Crippen LogP contribution in [0.3, 0.4) is 0 Å². The first-order valence-corrected chi connectivity index (χ1v) is 7.87. The van der Waals surface area contributed by atoms with Gasteiger partial charge < -0.3 is 10.6 Å². The molecule has 21 heavy (non-hydrogen) atoms. The van der Waals surface area contributed by atoms with Crippen LogP contribution in [0.4, 0.5) is 14.5 Å². The number of anilines is 1. The van der Waals surface area contributed by atoms with Gasteiger partial charge in [-0.05, 0) is 18.6 Å². The van der Waals surface area contributed by atoms with Crippen molar-refractivity contribution in [2.45, 2.75) is 12.5 Å². The number of carbonyl (C=O) groups excluding carboxylic acids is 2. The molecular formula is C12H12F2N2O4S. The third-order valence-corrected chi connectivity index (χ3v) is 4.74. The summed E-state index contributed by atoms with van der Waals surface area (Å²) in [5.74, 6) is -4.75. The highest BCUT2D eigenvalue weighted by Gasteiger charge is 2.30. The molecule has 2 amide bonds. The van der Waals surface area contributed by atoms with Crippen LogP contribution in [0.2, 0.25) is 0 Å². The Balaban J connectivity index is 1.99. The highest BCUT2D eigenvalue weighted by molar-refractivity contribution is 7.91. The lowest BCUT2D eigenvalue weighted by Crippen LogP contribution is -2.42. The Labute approximate surface area is 119 Å². The second-order valence-corrected chi connectivity index (χ2v) is 6.85. The number of hydrogen-bond donors (Lipinski definition) is 2. The molecule has 1 aromatic carbocycles. The van der Waals surface area contributed by atoms with E-state index in [1.54, 1.807) is 0 Å². The van der Waals surface area contributed by atoms with E-state index in [0.29, 0.717) is 0 Å². The van der Waals surface area contributed by atoms with Gasteiger partial charge in [0.2, 0.25) is 0 Å². The highest BCUT2D eigenvalue weighted by atomic mass is 32.2. The highest BCUT2D eigenvalue weighted by Crippen LogP contribution is 2.18. The predicted molar refractivity (Wildman–Crippen MR) is 70.2 cm³/mol. The van der Waals surface area contributed by atoms with Crippen LogP contribution in [0.15, 0.2) is 18.2 Å². The largest absolute Gasteiger partial charge is 0.344 e. The number of sulfone groups is 1. The molecule has 1 saturated heterocycles. The normalized spacial score (nSPS) is 20.0. The summed E-state index contributed by atoms with van der Waals surface area (Å²) in [4.78, 5) is 23.1. The van der Waals surface area contributed by atoms with E-state index in [9.17, 15) is 26.8 Å². The number of halogens is 2. The molecule has 1 aliphatic rings. The fourth-order valence-corrected chi connectivity index (χ4v) is 3.62. The molecule has 0 spiro atoms. The molecule has 1 unspecified atom stereocenters. The summed E-state index contributed by atoms with van der Waals surface area (Å²) >= 11 is 0. The molecule has 2 rings (SSSR count). The van der Waals surface area contributed by atoms with Gasteiger partial charge in [0, 0.05) is 6.04 Å². The van der Waals surface area contributed by atoms with Crippen molar-refractivity contribution in [2.24, 2.45) is 0 Å². The first-order chi connectivity index (χ1) is 9.78. The van der Waals surface area contributed by atoms with E-state index in [4.69, 9.17) is 0 Å². The summed E-state index contributed by atoms with van der Waals surface area (Å²) in [6, 6.07) is 2.31. The molecule has 0 aromatic heterocycles. The van der Waals surface area contributed by atoms with Crippen molar-refractivity contribution in [3.8, 4) is 0 Å². The summed E-state index contributed by atoms with van der Waals surface area (Å²) in [6.45, 7) is 0. The van der Waals surface area contributed by atoms with Crippen molar-refractivity contribution in [1.29, 1.82) is 0 Å². The van der Waals surface area contributed by atoms with Crippen LogP contribution in [0, 0.1) is 11.6 Å². The standard InChI is InChI=1S/C12H12F2N2O4S/c13-8-2-1-3-9(14)10(8)16-12(18)11(17)15-7-4-5-21(19,20)6-7/h1-3,7H,4-6H2,(H,15,17)(H,16,18). The minimum Gasteiger partial charge on any atom is -0.344 e. The number of amides is 2. The number of nitrogens with one attached hydrogen (secondary N) is 2. The molecule has 2 N–H and O–H groups in total. The number of para-hydroxylation sites is 1. The maximum absolute atomic E-state index is 13.3. The number of carbonyl (C=O) groups is 2. The van der Waals surface area contributed by atoms with Gasteiger partial charge in [-0.15, -0.1) is 0 Å². The second kappa shape index (κ2) is 5.76. The van der Waals surface area contributed by atoms with Gasteiger partial charge in [-0.2, -0.15) is 0 Å². The molecule has 9 heteroatoms. The molecule has 0 saturated carbocycles. The summed E-state index contributed by atoms with van der Waals surface area (Å²) in [7, 11) is -3.21. The summed E-state index contributed by atoms with van der Waals surface area (Å²) in [5, 5.41) is 4.04. The Bertz CT molecular complexity index is 670. The first kappa shape index (κ1) is 15.4. The van der Waals surface area contributed by atoms with E-state index in [2.05, 4.69) is 5.32 Å². The molecule has 0 aliphatic carbocycles. The molecule has 114 valence electrons. The lowest BCUT2D eigenvalue weighted by molar-refractivity contribution is -0.136. The summed E-state index contributed by atoms with van der Waals surface area (Å²) in [6.07, 6.45) is 0.204. The van der Waals surface area contributed by atoms with E-state index < -0.39 is 45.0 Å². The van der Waals surface area contributed by atoms with Crippen LogP contribution in [0.25, 0.3) is 0 Å². The fourth-order valence-electron chi connectivity index (χ4n) is 1.95. The van der Waals surface area contributed by atoms with Gasteiger partial charge in [-0.3, -0.25) is 9.59 Å². The topological polar surface area (TPSA) is 92.3 Å². The van der Waals surface area contributed by atoms with Gasteiger partial charge in [0.1, 0.15) is 17.3 Å². The third-order valence-electron chi connectivity index (χ3n) is 2.98. The van der Waals surface area contributed by atoms with E-state index in [1.807, 2.05) is 5.32 Å². The van der Waals surface area contributed by atoms with Crippen molar-refractivity contribution in [3.63, 3.8) is 0 Å². The van der Waals surface area contributed by atoms with E-state index >= 15 is 0 Å². The third kappa shape index (κ3) is 3.75. The number of hydrogen-bond acceptors (Lipinski definition) is 4. The second-order valence-electron chi connectivity index (χ2n) is 4.62. The van der Waals surface area contributed by atoms with Crippen molar-refractivity contribution >= 4 is 27.3 Å². The SMILES string of the molecule is O=C(Nc1c(F)cccc1F)C(=O)NC1CCS(=O)(=O)C1. The molecule has 6 nitrogen and oxygen atoms in total. The van der Waals surface area contributed by atoms with Gasteiger partial charge in [0.15, 0.2) is 9.84 Å². The van der Waals surface area contributed by atoms with Gasteiger partial charge in [0.05, 0.1) is 11.5 Å². The molecule has 1 aromatic rings. The molecule has 0 bridgehead atoms. The fraction of sp³-hybridized carbons (Fsp3) is 0.333. The van der Waals surface area contributed by atoms with Crippen LogP contribution >= 0.6 is 0 Å². The smallest absolute Gasteiger partial charge is 0.313 e. The van der Waals surface area contributed by atoms with Crippen molar-refractivity contribution in [1.82, 2.24) is 5.32 Å². The monoisotopic (exact) mass is 318 g/mol. The average molecular weight is 318 g/mol. The quantitative estimate of drug-likeness (QED) is 0.762. The summed E-state index contributed by atoms with van der Waals surface area (Å²) < 4.78 is 49.1. The molecular weight excluding hydrogens is 306 g/mol. The van der Waals surface area contributed by atoms with E-state index in [0.717, 1.165) is 18.2 Å². The maximum Gasteiger partial charge on any atom is 0.313 e. The Morgan fingerprint density at radius 2 is 1.76 bits per heavy atom. The molecule has 1 fully saturated rings. The minimum absolute atomic E-state index is 0.0679.